The predicted molar refractivity (Wildman–Crippen MR) is 122 cm³/mol. The largest absolute Gasteiger partial charge is 0.420 e. The Morgan fingerprint density at radius 3 is 2.55 bits per heavy atom. The molecule has 158 valence electrons. The number of halogens is 1. The Hall–Kier alpha value is -3.11. The molecule has 0 spiro atoms. The van der Waals surface area contributed by atoms with Crippen LogP contribution in [-0.2, 0) is 4.74 Å². The number of ether oxygens (including phenoxy) is 1. The SMILES string of the molecule is N#Cc1nc(C=Cc2ccccc2)oc1NCC(c1ccc(Cl)cc1)N1CCOCC1. The summed E-state index contributed by atoms with van der Waals surface area (Å²) in [5.41, 5.74) is 2.41. The van der Waals surface area contributed by atoms with Crippen LogP contribution < -0.4 is 5.32 Å². The van der Waals surface area contributed by atoms with Gasteiger partial charge in [0.25, 0.3) is 0 Å². The summed E-state index contributed by atoms with van der Waals surface area (Å²) in [7, 11) is 0. The van der Waals surface area contributed by atoms with Crippen LogP contribution in [0.15, 0.2) is 59.0 Å². The van der Waals surface area contributed by atoms with E-state index in [-0.39, 0.29) is 11.7 Å². The van der Waals surface area contributed by atoms with Crippen LogP contribution in [0.25, 0.3) is 12.2 Å². The number of hydrogen-bond donors (Lipinski definition) is 1. The molecule has 4 rings (SSSR count). The lowest BCUT2D eigenvalue weighted by Crippen LogP contribution is -2.41. The third-order valence-corrected chi connectivity index (χ3v) is 5.42. The zero-order valence-corrected chi connectivity index (χ0v) is 17.8. The van der Waals surface area contributed by atoms with Crippen molar-refractivity contribution >= 4 is 29.6 Å². The summed E-state index contributed by atoms with van der Waals surface area (Å²) in [6.07, 6.45) is 3.67. The third-order valence-electron chi connectivity index (χ3n) is 5.16. The smallest absolute Gasteiger partial charge is 0.232 e. The second-order valence-corrected chi connectivity index (χ2v) is 7.62. The van der Waals surface area contributed by atoms with Crippen LogP contribution in [0, 0.1) is 11.3 Å². The maximum Gasteiger partial charge on any atom is 0.232 e. The van der Waals surface area contributed by atoms with Crippen LogP contribution in [0.2, 0.25) is 5.02 Å². The van der Waals surface area contributed by atoms with Gasteiger partial charge >= 0.3 is 0 Å². The molecule has 0 aliphatic carbocycles. The van der Waals surface area contributed by atoms with Gasteiger partial charge in [-0.15, -0.1) is 0 Å². The predicted octanol–water partition coefficient (Wildman–Crippen LogP) is 4.86. The van der Waals surface area contributed by atoms with Gasteiger partial charge in [0.05, 0.1) is 19.3 Å². The summed E-state index contributed by atoms with van der Waals surface area (Å²) in [5.74, 6) is 0.764. The minimum absolute atomic E-state index is 0.0844. The molecule has 3 aromatic rings. The summed E-state index contributed by atoms with van der Waals surface area (Å²) < 4.78 is 11.3. The molecule has 1 aliphatic heterocycles. The number of benzene rings is 2. The van der Waals surface area contributed by atoms with Crippen LogP contribution >= 0.6 is 11.6 Å². The number of aromatic nitrogens is 1. The van der Waals surface area contributed by atoms with E-state index in [4.69, 9.17) is 20.8 Å². The van der Waals surface area contributed by atoms with Crippen molar-refractivity contribution in [2.24, 2.45) is 0 Å². The molecule has 1 saturated heterocycles. The van der Waals surface area contributed by atoms with E-state index in [1.807, 2.05) is 60.7 Å². The Bertz CT molecular complexity index is 1050. The van der Waals surface area contributed by atoms with E-state index in [2.05, 4.69) is 21.3 Å². The molecule has 0 radical (unpaired) electrons. The lowest BCUT2D eigenvalue weighted by atomic mass is 10.0. The number of anilines is 1. The first-order chi connectivity index (χ1) is 15.2. The minimum Gasteiger partial charge on any atom is -0.420 e. The van der Waals surface area contributed by atoms with Crippen molar-refractivity contribution < 1.29 is 9.15 Å². The van der Waals surface area contributed by atoms with E-state index in [0.717, 1.165) is 24.2 Å². The highest BCUT2D eigenvalue weighted by atomic mass is 35.5. The first kappa shape index (κ1) is 21.1. The second kappa shape index (κ2) is 10.3. The van der Waals surface area contributed by atoms with Gasteiger partial charge in [0.2, 0.25) is 17.5 Å². The molecule has 6 nitrogen and oxygen atoms in total. The maximum absolute atomic E-state index is 9.50. The van der Waals surface area contributed by atoms with Crippen molar-refractivity contribution in [1.82, 2.24) is 9.88 Å². The number of morpholine rings is 1. The van der Waals surface area contributed by atoms with Crippen molar-refractivity contribution in [2.75, 3.05) is 38.2 Å². The van der Waals surface area contributed by atoms with Gasteiger partial charge in [0.1, 0.15) is 6.07 Å². The Morgan fingerprint density at radius 2 is 1.84 bits per heavy atom. The zero-order valence-electron chi connectivity index (χ0n) is 17.0. The third kappa shape index (κ3) is 5.53. The van der Waals surface area contributed by atoms with Crippen LogP contribution in [0.5, 0.6) is 0 Å². The van der Waals surface area contributed by atoms with Gasteiger partial charge in [-0.1, -0.05) is 54.1 Å². The number of nitriles is 1. The van der Waals surface area contributed by atoms with Gasteiger partial charge in [-0.3, -0.25) is 4.90 Å². The normalized spacial score (nSPS) is 15.6. The van der Waals surface area contributed by atoms with E-state index in [9.17, 15) is 5.26 Å². The van der Waals surface area contributed by atoms with E-state index in [1.165, 1.54) is 0 Å². The van der Waals surface area contributed by atoms with Crippen molar-refractivity contribution in [3.63, 3.8) is 0 Å². The van der Waals surface area contributed by atoms with Gasteiger partial charge in [-0.05, 0) is 29.3 Å². The fourth-order valence-corrected chi connectivity index (χ4v) is 3.68. The van der Waals surface area contributed by atoms with E-state index in [1.54, 1.807) is 6.08 Å². The molecule has 1 atom stereocenters. The van der Waals surface area contributed by atoms with Crippen LogP contribution in [0.1, 0.15) is 28.8 Å². The number of rotatable bonds is 7. The first-order valence-corrected chi connectivity index (χ1v) is 10.6. The van der Waals surface area contributed by atoms with Crippen LogP contribution in [0.4, 0.5) is 5.88 Å². The molecule has 0 amide bonds. The molecule has 1 N–H and O–H groups in total. The molecule has 0 bridgehead atoms. The minimum atomic E-state index is 0.0844. The molecule has 0 saturated carbocycles. The zero-order chi connectivity index (χ0) is 21.5. The standard InChI is InChI=1S/C24H23ClN4O2/c25-20-9-7-19(8-10-20)22(29-12-14-30-15-13-29)17-27-24-21(16-26)28-23(31-24)11-6-18-4-2-1-3-5-18/h1-11,22,27H,12-15,17H2. The van der Waals surface area contributed by atoms with E-state index in [0.29, 0.717) is 36.6 Å². The first-order valence-electron chi connectivity index (χ1n) is 10.2. The highest BCUT2D eigenvalue weighted by molar-refractivity contribution is 6.30. The molecule has 7 heteroatoms. The van der Waals surface area contributed by atoms with Crippen LogP contribution in [-0.4, -0.2) is 42.7 Å². The maximum atomic E-state index is 9.50. The van der Waals surface area contributed by atoms with Gasteiger partial charge in [0, 0.05) is 30.7 Å². The fraction of sp³-hybridized carbons (Fsp3) is 0.250. The van der Waals surface area contributed by atoms with Gasteiger partial charge in [0.15, 0.2) is 0 Å². The molecular weight excluding hydrogens is 412 g/mol. The molecule has 1 fully saturated rings. The van der Waals surface area contributed by atoms with Gasteiger partial charge in [-0.2, -0.15) is 10.2 Å². The van der Waals surface area contributed by atoms with Gasteiger partial charge < -0.3 is 14.5 Å². The fourth-order valence-electron chi connectivity index (χ4n) is 3.56. The molecule has 1 aliphatic rings. The Kier molecular flexibility index (Phi) is 7.00. The number of oxazole rings is 1. The van der Waals surface area contributed by atoms with Crippen LogP contribution in [0.3, 0.4) is 0 Å². The summed E-state index contributed by atoms with van der Waals surface area (Å²) in [4.78, 5) is 6.65. The highest BCUT2D eigenvalue weighted by Gasteiger charge is 2.24. The van der Waals surface area contributed by atoms with Crippen molar-refractivity contribution in [2.45, 2.75) is 6.04 Å². The summed E-state index contributed by atoms with van der Waals surface area (Å²) >= 11 is 6.08. The average molecular weight is 435 g/mol. The Labute approximate surface area is 186 Å². The van der Waals surface area contributed by atoms with Crippen molar-refractivity contribution in [1.29, 1.82) is 5.26 Å². The quantitative estimate of drug-likeness (QED) is 0.572. The lowest BCUT2D eigenvalue weighted by molar-refractivity contribution is 0.0186. The van der Waals surface area contributed by atoms with Crippen molar-refractivity contribution in [3.05, 3.63) is 82.3 Å². The molecule has 1 unspecified atom stereocenters. The second-order valence-electron chi connectivity index (χ2n) is 7.18. The summed E-state index contributed by atoms with van der Waals surface area (Å²) in [6.45, 7) is 3.63. The summed E-state index contributed by atoms with van der Waals surface area (Å²) in [5, 5.41) is 13.5. The average Bonchev–Trinajstić information content (AvgIpc) is 3.22. The highest BCUT2D eigenvalue weighted by Crippen LogP contribution is 2.26. The summed E-state index contributed by atoms with van der Waals surface area (Å²) in [6, 6.07) is 19.9. The number of nitrogens with zero attached hydrogens (tertiary/aromatic N) is 3. The topological polar surface area (TPSA) is 74.3 Å². The van der Waals surface area contributed by atoms with E-state index < -0.39 is 0 Å². The molecule has 1 aromatic heterocycles. The Morgan fingerprint density at radius 1 is 1.10 bits per heavy atom. The van der Waals surface area contributed by atoms with E-state index >= 15 is 0 Å². The monoisotopic (exact) mass is 434 g/mol. The molecular formula is C24H23ClN4O2. The lowest BCUT2D eigenvalue weighted by Gasteiger charge is -2.34. The number of nitrogens with one attached hydrogen (secondary N) is 1. The van der Waals surface area contributed by atoms with Gasteiger partial charge in [-0.25, -0.2) is 0 Å². The Balaban J connectivity index is 1.51. The number of hydrogen-bond acceptors (Lipinski definition) is 6. The molecule has 2 heterocycles. The van der Waals surface area contributed by atoms with Crippen molar-refractivity contribution in [3.8, 4) is 6.07 Å². The molecule has 2 aromatic carbocycles. The molecule has 31 heavy (non-hydrogen) atoms.